The monoisotopic (exact) mass is 329 g/mol. The summed E-state index contributed by atoms with van der Waals surface area (Å²) in [7, 11) is 0. The number of carbonyl (C=O) groups is 1. The van der Waals surface area contributed by atoms with Gasteiger partial charge in [0.25, 0.3) is 5.91 Å². The third kappa shape index (κ3) is 2.44. The van der Waals surface area contributed by atoms with Gasteiger partial charge in [0.15, 0.2) is 11.0 Å². The second kappa shape index (κ2) is 5.05. The summed E-state index contributed by atoms with van der Waals surface area (Å²) in [4.78, 5) is 20.3. The molecule has 3 aromatic rings. The van der Waals surface area contributed by atoms with Crippen molar-refractivity contribution in [3.63, 3.8) is 0 Å². The maximum Gasteiger partial charge on any atom is 0.266 e. The van der Waals surface area contributed by atoms with Gasteiger partial charge >= 0.3 is 0 Å². The number of hydrogen-bond acceptors (Lipinski definition) is 5. The molecule has 4 nitrogen and oxygen atoms in total. The van der Waals surface area contributed by atoms with Crippen molar-refractivity contribution >= 4 is 67.0 Å². The largest absolute Gasteiger partial charge is 0.304 e. The zero-order valence-electron chi connectivity index (χ0n) is 9.18. The van der Waals surface area contributed by atoms with Crippen molar-refractivity contribution in [2.45, 2.75) is 0 Å². The minimum Gasteiger partial charge on any atom is -0.304 e. The maximum absolute atomic E-state index is 12.1. The Hall–Kier alpha value is -1.21. The van der Waals surface area contributed by atoms with Gasteiger partial charge < -0.3 is 5.32 Å². The van der Waals surface area contributed by atoms with Gasteiger partial charge in [0.1, 0.15) is 11.3 Å². The summed E-state index contributed by atoms with van der Waals surface area (Å²) in [6, 6.07) is 3.83. The first-order chi connectivity index (χ1) is 9.15. The second-order valence-corrected chi connectivity index (χ2v) is 6.31. The lowest BCUT2D eigenvalue weighted by Crippen LogP contribution is -2.12. The molecule has 0 fully saturated rings. The number of carbonyl (C=O) groups excluding carboxylic acids is 1. The average Bonchev–Trinajstić information content (AvgIpc) is 2.95. The van der Waals surface area contributed by atoms with Gasteiger partial charge in [-0.3, -0.25) is 4.79 Å². The molecular weight excluding hydrogens is 325 g/mol. The van der Waals surface area contributed by atoms with Crippen LogP contribution in [0.25, 0.3) is 9.40 Å². The predicted octanol–water partition coefficient (Wildman–Crippen LogP) is 4.31. The second-order valence-electron chi connectivity index (χ2n) is 3.54. The van der Waals surface area contributed by atoms with Gasteiger partial charge in [-0.1, -0.05) is 23.2 Å². The van der Waals surface area contributed by atoms with Crippen LogP contribution in [0.1, 0.15) is 9.67 Å². The minimum atomic E-state index is -0.259. The summed E-state index contributed by atoms with van der Waals surface area (Å²) in [6.45, 7) is 0. The highest BCUT2D eigenvalue weighted by molar-refractivity contribution is 7.27. The lowest BCUT2D eigenvalue weighted by molar-refractivity contribution is 0.103. The highest BCUT2D eigenvalue weighted by Gasteiger charge is 2.15. The van der Waals surface area contributed by atoms with E-state index in [0.717, 1.165) is 9.40 Å². The Balaban J connectivity index is 1.89. The Morgan fingerprint density at radius 3 is 2.89 bits per heavy atom. The molecule has 0 aliphatic heterocycles. The van der Waals surface area contributed by atoms with Crippen LogP contribution in [0.4, 0.5) is 5.82 Å². The molecule has 3 rings (SSSR count). The molecule has 0 saturated carbocycles. The van der Waals surface area contributed by atoms with Gasteiger partial charge in [-0.25, -0.2) is 9.97 Å². The molecule has 8 heteroatoms. The fraction of sp³-hybridized carbons (Fsp3) is 0. The molecule has 0 saturated heterocycles. The molecule has 3 heterocycles. The van der Waals surface area contributed by atoms with Crippen molar-refractivity contribution in [3.05, 3.63) is 38.9 Å². The van der Waals surface area contributed by atoms with Crippen molar-refractivity contribution in [1.29, 1.82) is 0 Å². The topological polar surface area (TPSA) is 54.9 Å². The minimum absolute atomic E-state index is 0.110. The van der Waals surface area contributed by atoms with E-state index >= 15 is 0 Å². The number of hydrogen-bond donors (Lipinski definition) is 1. The number of halogens is 2. The molecule has 96 valence electrons. The van der Waals surface area contributed by atoms with E-state index in [0.29, 0.717) is 4.88 Å². The quantitative estimate of drug-likeness (QED) is 0.712. The first kappa shape index (κ1) is 12.8. The Bertz CT molecular complexity index is 740. The zero-order chi connectivity index (χ0) is 13.4. The van der Waals surface area contributed by atoms with Gasteiger partial charge in [-0.2, -0.15) is 0 Å². The molecule has 3 aromatic heterocycles. The first-order valence-electron chi connectivity index (χ1n) is 5.09. The van der Waals surface area contributed by atoms with Crippen molar-refractivity contribution in [1.82, 2.24) is 9.97 Å². The van der Waals surface area contributed by atoms with Crippen LogP contribution in [0.2, 0.25) is 10.2 Å². The maximum atomic E-state index is 12.1. The zero-order valence-corrected chi connectivity index (χ0v) is 12.3. The number of anilines is 1. The number of nitrogens with one attached hydrogen (secondary N) is 1. The van der Waals surface area contributed by atoms with Gasteiger partial charge in [-0.15, -0.1) is 22.7 Å². The summed E-state index contributed by atoms with van der Waals surface area (Å²) in [5.41, 5.74) is 0. The molecule has 0 spiro atoms. The lowest BCUT2D eigenvalue weighted by Gasteiger charge is -2.04. The number of nitrogens with zero attached hydrogens (tertiary/aromatic N) is 2. The predicted molar refractivity (Wildman–Crippen MR) is 79.7 cm³/mol. The molecular formula is C11H5Cl2N3OS2. The number of rotatable bonds is 2. The molecule has 0 unspecified atom stereocenters. The van der Waals surface area contributed by atoms with Crippen molar-refractivity contribution in [3.8, 4) is 0 Å². The molecule has 0 radical (unpaired) electrons. The van der Waals surface area contributed by atoms with E-state index in [1.165, 1.54) is 17.7 Å². The van der Waals surface area contributed by atoms with Crippen LogP contribution < -0.4 is 5.32 Å². The van der Waals surface area contributed by atoms with Gasteiger partial charge in [-0.05, 0) is 17.5 Å². The summed E-state index contributed by atoms with van der Waals surface area (Å²) >= 11 is 14.7. The van der Waals surface area contributed by atoms with Crippen LogP contribution in [0, 0.1) is 0 Å². The number of amides is 1. The van der Waals surface area contributed by atoms with Crippen LogP contribution in [0.3, 0.4) is 0 Å². The van der Waals surface area contributed by atoms with Gasteiger partial charge in [0, 0.05) is 9.40 Å². The van der Waals surface area contributed by atoms with E-state index in [9.17, 15) is 4.79 Å². The number of fused-ring (bicyclic) bond motifs is 1. The number of aromatic nitrogens is 2. The summed E-state index contributed by atoms with van der Waals surface area (Å²) in [6.07, 6.45) is 1.25. The van der Waals surface area contributed by atoms with Crippen LogP contribution in [-0.2, 0) is 0 Å². The van der Waals surface area contributed by atoms with Crippen LogP contribution in [0.15, 0.2) is 23.8 Å². The van der Waals surface area contributed by atoms with E-state index in [-0.39, 0.29) is 21.9 Å². The van der Waals surface area contributed by atoms with Crippen molar-refractivity contribution in [2.24, 2.45) is 0 Å². The fourth-order valence-corrected chi connectivity index (χ4v) is 3.76. The van der Waals surface area contributed by atoms with Gasteiger partial charge in [0.2, 0.25) is 0 Å². The Labute approximate surface area is 126 Å². The van der Waals surface area contributed by atoms with Crippen LogP contribution in [-0.4, -0.2) is 15.9 Å². The SMILES string of the molecule is O=C(Nc1ncnc(Cl)c1Cl)c1cc2sccc2s1. The van der Waals surface area contributed by atoms with E-state index in [1.54, 1.807) is 11.3 Å². The van der Waals surface area contributed by atoms with Crippen molar-refractivity contribution < 1.29 is 4.79 Å². The summed E-state index contributed by atoms with van der Waals surface area (Å²) < 4.78 is 2.17. The molecule has 0 aromatic carbocycles. The summed E-state index contributed by atoms with van der Waals surface area (Å²) in [5, 5.41) is 4.86. The standard InChI is InChI=1S/C11H5Cl2N3OS2/c12-8-9(13)14-4-15-10(8)16-11(17)7-3-6-5(19-7)1-2-18-6/h1-4H,(H,14,15,16,17). The fourth-order valence-electron chi connectivity index (χ4n) is 1.48. The van der Waals surface area contributed by atoms with Crippen LogP contribution >= 0.6 is 45.9 Å². The number of thiophene rings is 2. The van der Waals surface area contributed by atoms with E-state index in [4.69, 9.17) is 23.2 Å². The first-order valence-corrected chi connectivity index (χ1v) is 7.55. The molecule has 0 bridgehead atoms. The van der Waals surface area contributed by atoms with E-state index in [2.05, 4.69) is 15.3 Å². The van der Waals surface area contributed by atoms with Crippen molar-refractivity contribution in [2.75, 3.05) is 5.32 Å². The van der Waals surface area contributed by atoms with E-state index in [1.807, 2.05) is 17.5 Å². The summed E-state index contributed by atoms with van der Waals surface area (Å²) in [5.74, 6) is -0.0477. The highest BCUT2D eigenvalue weighted by Crippen LogP contribution is 2.31. The highest BCUT2D eigenvalue weighted by atomic mass is 35.5. The molecule has 1 N–H and O–H groups in total. The Morgan fingerprint density at radius 1 is 1.26 bits per heavy atom. The molecule has 0 aliphatic carbocycles. The average molecular weight is 330 g/mol. The third-order valence-electron chi connectivity index (χ3n) is 2.34. The van der Waals surface area contributed by atoms with Crippen LogP contribution in [0.5, 0.6) is 0 Å². The lowest BCUT2D eigenvalue weighted by atomic mass is 10.4. The normalized spacial score (nSPS) is 10.8. The smallest absolute Gasteiger partial charge is 0.266 e. The molecule has 1 amide bonds. The third-order valence-corrected chi connectivity index (χ3v) is 5.18. The Kier molecular flexibility index (Phi) is 3.40. The van der Waals surface area contributed by atoms with Gasteiger partial charge in [0.05, 0.1) is 4.88 Å². The molecule has 0 atom stereocenters. The molecule has 0 aliphatic rings. The van der Waals surface area contributed by atoms with E-state index < -0.39 is 0 Å². The molecule has 19 heavy (non-hydrogen) atoms. The Morgan fingerprint density at radius 2 is 2.11 bits per heavy atom.